The third-order valence-corrected chi connectivity index (χ3v) is 5.25. The number of carbonyl (C=O) groups is 1. The lowest BCUT2D eigenvalue weighted by Gasteiger charge is -2.18. The molecule has 0 radical (unpaired) electrons. The number of pyridine rings is 1. The number of ether oxygens (including phenoxy) is 2. The number of hydrogen-bond acceptors (Lipinski definition) is 5. The van der Waals surface area contributed by atoms with Gasteiger partial charge in [0.05, 0.1) is 25.5 Å². The first-order valence-corrected chi connectivity index (χ1v) is 10.2. The van der Waals surface area contributed by atoms with Crippen LogP contribution in [0.3, 0.4) is 0 Å². The van der Waals surface area contributed by atoms with Crippen molar-refractivity contribution in [2.24, 2.45) is 11.8 Å². The Bertz CT molecular complexity index is 821. The molecule has 0 aliphatic carbocycles. The minimum absolute atomic E-state index is 0.0797. The summed E-state index contributed by atoms with van der Waals surface area (Å²) in [6.45, 7) is 8.50. The molecule has 2 heterocycles. The number of likely N-dealkylation sites (tertiary alicyclic amines) is 1. The molecule has 6 nitrogen and oxygen atoms in total. The van der Waals surface area contributed by atoms with Gasteiger partial charge in [0.2, 0.25) is 0 Å². The van der Waals surface area contributed by atoms with Gasteiger partial charge in [-0.25, -0.2) is 0 Å². The normalized spacial score (nSPS) is 16.8. The zero-order chi connectivity index (χ0) is 20.8. The minimum Gasteiger partial charge on any atom is -0.493 e. The Morgan fingerprint density at radius 2 is 2.07 bits per heavy atom. The van der Waals surface area contributed by atoms with Gasteiger partial charge in [0.1, 0.15) is 0 Å². The molecule has 1 aliphatic rings. The van der Waals surface area contributed by atoms with Crippen LogP contribution in [0.2, 0.25) is 0 Å². The maximum Gasteiger partial charge on any atom is 0.252 e. The largest absolute Gasteiger partial charge is 0.493 e. The molecule has 3 rings (SSSR count). The number of aromatic nitrogens is 1. The molecule has 1 aromatic heterocycles. The van der Waals surface area contributed by atoms with Crippen LogP contribution in [0.1, 0.15) is 30.6 Å². The molecule has 1 fully saturated rings. The van der Waals surface area contributed by atoms with Crippen LogP contribution in [-0.2, 0) is 0 Å². The van der Waals surface area contributed by atoms with Gasteiger partial charge in [-0.05, 0) is 49.1 Å². The summed E-state index contributed by atoms with van der Waals surface area (Å²) in [5.41, 5.74) is 2.13. The number of carbonyl (C=O) groups excluding carboxylic acids is 1. The second-order valence-electron chi connectivity index (χ2n) is 7.99. The Morgan fingerprint density at radius 3 is 2.72 bits per heavy atom. The summed E-state index contributed by atoms with van der Waals surface area (Å²) in [4.78, 5) is 19.5. The van der Waals surface area contributed by atoms with Crippen LogP contribution in [0.5, 0.6) is 11.5 Å². The monoisotopic (exact) mass is 397 g/mol. The molecular formula is C23H31N3O3. The van der Waals surface area contributed by atoms with E-state index in [1.54, 1.807) is 26.5 Å². The molecule has 1 aliphatic heterocycles. The number of para-hydroxylation sites is 1. The van der Waals surface area contributed by atoms with Crippen molar-refractivity contribution in [1.82, 2.24) is 15.2 Å². The molecule has 0 unspecified atom stereocenters. The van der Waals surface area contributed by atoms with Gasteiger partial charge in [0.15, 0.2) is 11.5 Å². The summed E-state index contributed by atoms with van der Waals surface area (Å²) in [6, 6.07) is 9.30. The lowest BCUT2D eigenvalue weighted by molar-refractivity contribution is 0.0947. The Labute approximate surface area is 173 Å². The van der Waals surface area contributed by atoms with Crippen LogP contribution in [0.25, 0.3) is 11.3 Å². The molecule has 6 heteroatoms. The number of methoxy groups -OCH3 is 2. The zero-order valence-corrected chi connectivity index (χ0v) is 17.8. The first-order chi connectivity index (χ1) is 14.0. The third-order valence-electron chi connectivity index (χ3n) is 5.25. The van der Waals surface area contributed by atoms with Gasteiger partial charge >= 0.3 is 0 Å². The average Bonchev–Trinajstić information content (AvgIpc) is 3.18. The predicted molar refractivity (Wildman–Crippen MR) is 114 cm³/mol. The van der Waals surface area contributed by atoms with Crippen LogP contribution in [0.4, 0.5) is 0 Å². The van der Waals surface area contributed by atoms with Gasteiger partial charge < -0.3 is 19.7 Å². The van der Waals surface area contributed by atoms with Crippen LogP contribution in [0.15, 0.2) is 36.5 Å². The highest BCUT2D eigenvalue weighted by atomic mass is 16.5. The van der Waals surface area contributed by atoms with Crippen molar-refractivity contribution in [3.63, 3.8) is 0 Å². The second kappa shape index (κ2) is 9.74. The van der Waals surface area contributed by atoms with Gasteiger partial charge in [0, 0.05) is 31.4 Å². The molecule has 2 aromatic rings. The number of benzene rings is 1. The fourth-order valence-corrected chi connectivity index (χ4v) is 3.88. The van der Waals surface area contributed by atoms with Crippen LogP contribution < -0.4 is 14.8 Å². The number of hydrogen-bond donors (Lipinski definition) is 1. The molecule has 156 valence electrons. The molecule has 1 N–H and O–H groups in total. The smallest absolute Gasteiger partial charge is 0.252 e. The van der Waals surface area contributed by atoms with Gasteiger partial charge in [-0.3, -0.25) is 9.78 Å². The Balaban J connectivity index is 1.60. The van der Waals surface area contributed by atoms with E-state index in [1.165, 1.54) is 0 Å². The van der Waals surface area contributed by atoms with E-state index in [4.69, 9.17) is 9.47 Å². The van der Waals surface area contributed by atoms with Gasteiger partial charge in [-0.1, -0.05) is 19.9 Å². The standard InChI is InChI=1S/C23H31N3O3/c1-16(2)14-26-11-10-17(15-26)12-25-23(27)18-8-9-20(24-13-18)19-6-5-7-21(28-3)22(19)29-4/h5-9,13,16-17H,10-12,14-15H2,1-4H3,(H,25,27)/t17-/m0/s1. The van der Waals surface area contributed by atoms with Crippen molar-refractivity contribution in [3.8, 4) is 22.8 Å². The summed E-state index contributed by atoms with van der Waals surface area (Å²) in [5.74, 6) is 2.40. The number of amides is 1. The van der Waals surface area contributed by atoms with Crippen molar-refractivity contribution in [1.29, 1.82) is 0 Å². The highest BCUT2D eigenvalue weighted by molar-refractivity contribution is 5.94. The maximum absolute atomic E-state index is 12.5. The molecule has 29 heavy (non-hydrogen) atoms. The molecule has 1 aromatic carbocycles. The highest BCUT2D eigenvalue weighted by Crippen LogP contribution is 2.36. The Hall–Kier alpha value is -2.60. The number of nitrogens with one attached hydrogen (secondary N) is 1. The van der Waals surface area contributed by atoms with Gasteiger partial charge in [-0.15, -0.1) is 0 Å². The summed E-state index contributed by atoms with van der Waals surface area (Å²) >= 11 is 0. The van der Waals surface area contributed by atoms with E-state index in [0.29, 0.717) is 35.4 Å². The fraction of sp³-hybridized carbons (Fsp3) is 0.478. The highest BCUT2D eigenvalue weighted by Gasteiger charge is 2.23. The SMILES string of the molecule is COc1cccc(-c2ccc(C(=O)NC[C@@H]3CCN(CC(C)C)C3)cn2)c1OC. The van der Waals surface area contributed by atoms with Crippen molar-refractivity contribution in [3.05, 3.63) is 42.1 Å². The van der Waals surface area contributed by atoms with Crippen LogP contribution in [0, 0.1) is 11.8 Å². The first-order valence-electron chi connectivity index (χ1n) is 10.2. The molecule has 0 saturated carbocycles. The fourth-order valence-electron chi connectivity index (χ4n) is 3.88. The van der Waals surface area contributed by atoms with Crippen molar-refractivity contribution in [2.45, 2.75) is 20.3 Å². The van der Waals surface area contributed by atoms with Crippen LogP contribution >= 0.6 is 0 Å². The summed E-state index contributed by atoms with van der Waals surface area (Å²) < 4.78 is 10.8. The van der Waals surface area contributed by atoms with E-state index in [9.17, 15) is 4.79 Å². The Kier molecular flexibility index (Phi) is 7.09. The topological polar surface area (TPSA) is 63.7 Å². The summed E-state index contributed by atoms with van der Waals surface area (Å²) in [6.07, 6.45) is 2.75. The van der Waals surface area contributed by atoms with Crippen molar-refractivity contribution >= 4 is 5.91 Å². The second-order valence-corrected chi connectivity index (χ2v) is 7.99. The Morgan fingerprint density at radius 1 is 1.24 bits per heavy atom. The van der Waals surface area contributed by atoms with E-state index in [1.807, 2.05) is 24.3 Å². The van der Waals surface area contributed by atoms with Crippen LogP contribution in [-0.4, -0.2) is 56.2 Å². The van der Waals surface area contributed by atoms with Crippen molar-refractivity contribution in [2.75, 3.05) is 40.4 Å². The number of rotatable bonds is 8. The molecule has 1 amide bonds. The van der Waals surface area contributed by atoms with Gasteiger partial charge in [0.25, 0.3) is 5.91 Å². The van der Waals surface area contributed by atoms with E-state index >= 15 is 0 Å². The lowest BCUT2D eigenvalue weighted by Crippen LogP contribution is -2.31. The molecule has 1 atom stereocenters. The zero-order valence-electron chi connectivity index (χ0n) is 17.8. The van der Waals surface area contributed by atoms with E-state index in [2.05, 4.69) is 29.0 Å². The first kappa shape index (κ1) is 21.1. The maximum atomic E-state index is 12.5. The van der Waals surface area contributed by atoms with E-state index in [-0.39, 0.29) is 5.91 Å². The third kappa shape index (κ3) is 5.26. The van der Waals surface area contributed by atoms with Gasteiger partial charge in [-0.2, -0.15) is 0 Å². The predicted octanol–water partition coefficient (Wildman–Crippen LogP) is 3.47. The summed E-state index contributed by atoms with van der Waals surface area (Å²) in [7, 11) is 3.21. The molecular weight excluding hydrogens is 366 g/mol. The molecule has 0 spiro atoms. The van der Waals surface area contributed by atoms with Crippen molar-refractivity contribution < 1.29 is 14.3 Å². The van der Waals surface area contributed by atoms with E-state index in [0.717, 1.165) is 37.3 Å². The quantitative estimate of drug-likeness (QED) is 0.739. The minimum atomic E-state index is -0.0797. The molecule has 0 bridgehead atoms. The van der Waals surface area contributed by atoms with E-state index < -0.39 is 0 Å². The number of nitrogens with zero attached hydrogens (tertiary/aromatic N) is 2. The average molecular weight is 398 g/mol. The molecule has 1 saturated heterocycles. The lowest BCUT2D eigenvalue weighted by atomic mass is 10.1. The summed E-state index contributed by atoms with van der Waals surface area (Å²) in [5, 5.41) is 3.06.